The van der Waals surface area contributed by atoms with Crippen LogP contribution in [0.1, 0.15) is 23.4 Å². The Kier molecular flexibility index (Phi) is 4.14. The molecule has 0 saturated carbocycles. The molecule has 23 heavy (non-hydrogen) atoms. The number of furan rings is 1. The number of likely N-dealkylation sites (tertiary alicyclic amines) is 1. The van der Waals surface area contributed by atoms with Crippen molar-refractivity contribution >= 4 is 11.9 Å². The Morgan fingerprint density at radius 2 is 2.00 bits per heavy atom. The number of aliphatic carboxylic acids is 1. The number of carbonyl (C=O) groups is 2. The lowest BCUT2D eigenvalue weighted by atomic mass is 9.98. The van der Waals surface area contributed by atoms with Gasteiger partial charge >= 0.3 is 5.97 Å². The molecule has 1 saturated heterocycles. The first-order valence-corrected chi connectivity index (χ1v) is 7.43. The van der Waals surface area contributed by atoms with Gasteiger partial charge in [-0.1, -0.05) is 12.1 Å². The highest BCUT2D eigenvalue weighted by molar-refractivity contribution is 5.92. The van der Waals surface area contributed by atoms with E-state index >= 15 is 0 Å². The second-order valence-corrected chi connectivity index (χ2v) is 5.57. The molecule has 3 rings (SSSR count). The van der Waals surface area contributed by atoms with Crippen LogP contribution in [0.3, 0.4) is 0 Å². The summed E-state index contributed by atoms with van der Waals surface area (Å²) in [6.45, 7) is 0.669. The van der Waals surface area contributed by atoms with Crippen molar-refractivity contribution in [3.63, 3.8) is 0 Å². The van der Waals surface area contributed by atoms with Crippen molar-refractivity contribution in [2.45, 2.75) is 12.8 Å². The molecule has 0 bridgehead atoms. The minimum Gasteiger partial charge on any atom is -0.481 e. The number of rotatable bonds is 3. The maximum absolute atomic E-state index is 13.8. The topological polar surface area (TPSA) is 70.8 Å². The van der Waals surface area contributed by atoms with Crippen LogP contribution in [0.15, 0.2) is 40.8 Å². The Bertz CT molecular complexity index is 740. The van der Waals surface area contributed by atoms with Gasteiger partial charge < -0.3 is 14.4 Å². The van der Waals surface area contributed by atoms with Crippen molar-refractivity contribution in [3.05, 3.63) is 48.0 Å². The molecule has 0 spiro atoms. The van der Waals surface area contributed by atoms with Crippen LogP contribution in [0, 0.1) is 11.7 Å². The smallest absolute Gasteiger partial charge is 0.308 e. The number of carboxylic acid groups (broad SMARTS) is 1. The minimum atomic E-state index is -0.894. The average Bonchev–Trinajstić information content (AvgIpc) is 3.04. The van der Waals surface area contributed by atoms with Crippen molar-refractivity contribution in [1.29, 1.82) is 0 Å². The zero-order valence-corrected chi connectivity index (χ0v) is 12.4. The van der Waals surface area contributed by atoms with Crippen LogP contribution in [0.25, 0.3) is 11.3 Å². The van der Waals surface area contributed by atoms with E-state index in [1.165, 1.54) is 17.0 Å². The molecule has 120 valence electrons. The van der Waals surface area contributed by atoms with Crippen LogP contribution in [0.2, 0.25) is 0 Å². The number of piperidine rings is 1. The molecule has 1 amide bonds. The van der Waals surface area contributed by atoms with E-state index in [9.17, 15) is 14.0 Å². The van der Waals surface area contributed by atoms with E-state index < -0.39 is 17.7 Å². The number of carboxylic acids is 1. The maximum atomic E-state index is 13.8. The molecule has 1 aromatic heterocycles. The van der Waals surface area contributed by atoms with Crippen LogP contribution in [0.5, 0.6) is 0 Å². The summed E-state index contributed by atoms with van der Waals surface area (Å²) in [5.41, 5.74) is 0.286. The van der Waals surface area contributed by atoms with Gasteiger partial charge in [0.05, 0.1) is 11.5 Å². The van der Waals surface area contributed by atoms with Crippen molar-refractivity contribution in [2.24, 2.45) is 5.92 Å². The van der Waals surface area contributed by atoms with E-state index in [4.69, 9.17) is 9.52 Å². The number of hydrogen-bond donors (Lipinski definition) is 1. The van der Waals surface area contributed by atoms with Crippen LogP contribution in [-0.4, -0.2) is 35.0 Å². The molecular formula is C17H16FNO4. The van der Waals surface area contributed by atoms with Gasteiger partial charge in [-0.3, -0.25) is 9.59 Å². The molecule has 1 N–H and O–H groups in total. The molecule has 1 fully saturated rings. The third-order valence-corrected chi connectivity index (χ3v) is 4.01. The summed E-state index contributed by atoms with van der Waals surface area (Å²) < 4.78 is 19.2. The van der Waals surface area contributed by atoms with E-state index in [1.807, 2.05) is 0 Å². The van der Waals surface area contributed by atoms with E-state index in [-0.39, 0.29) is 29.5 Å². The molecule has 2 heterocycles. The summed E-state index contributed by atoms with van der Waals surface area (Å²) in [6.07, 6.45) is 1.21. The molecule has 5 nitrogen and oxygen atoms in total. The minimum absolute atomic E-state index is 0.0919. The Morgan fingerprint density at radius 3 is 2.74 bits per heavy atom. The lowest BCUT2D eigenvalue weighted by molar-refractivity contribution is -0.143. The van der Waals surface area contributed by atoms with Gasteiger partial charge in [-0.15, -0.1) is 0 Å². The number of hydrogen-bond acceptors (Lipinski definition) is 3. The maximum Gasteiger partial charge on any atom is 0.308 e. The van der Waals surface area contributed by atoms with Crippen molar-refractivity contribution < 1.29 is 23.5 Å². The van der Waals surface area contributed by atoms with Gasteiger partial charge in [0.25, 0.3) is 5.91 Å². The van der Waals surface area contributed by atoms with Gasteiger partial charge in [0, 0.05) is 13.1 Å². The summed E-state index contributed by atoms with van der Waals surface area (Å²) >= 11 is 0. The Labute approximate surface area is 132 Å². The van der Waals surface area contributed by atoms with E-state index in [2.05, 4.69) is 0 Å². The molecule has 0 aliphatic carbocycles. The summed E-state index contributed by atoms with van der Waals surface area (Å²) in [5, 5.41) is 9.09. The van der Waals surface area contributed by atoms with E-state index in [0.29, 0.717) is 19.4 Å². The molecule has 2 aromatic rings. The Morgan fingerprint density at radius 1 is 1.22 bits per heavy atom. The van der Waals surface area contributed by atoms with Gasteiger partial charge in [0.1, 0.15) is 11.6 Å². The third-order valence-electron chi connectivity index (χ3n) is 4.01. The van der Waals surface area contributed by atoms with Crippen molar-refractivity contribution in [2.75, 3.05) is 13.1 Å². The summed E-state index contributed by atoms with van der Waals surface area (Å²) in [5.74, 6) is -1.86. The second-order valence-electron chi connectivity index (χ2n) is 5.57. The normalized spacial score (nSPS) is 18.0. The van der Waals surface area contributed by atoms with E-state index in [0.717, 1.165) is 0 Å². The third kappa shape index (κ3) is 3.11. The standard InChI is InChI=1S/C17H16FNO4/c18-13-6-2-1-5-12(13)14-7-8-15(23-14)16(20)19-9-3-4-11(10-19)17(21)22/h1-2,5-8,11H,3-4,9-10H2,(H,21,22)/t11-/m0/s1. The molecule has 1 aliphatic heterocycles. The first kappa shape index (κ1) is 15.3. The first-order chi connectivity index (χ1) is 11.1. The van der Waals surface area contributed by atoms with E-state index in [1.54, 1.807) is 24.3 Å². The fourth-order valence-electron chi connectivity index (χ4n) is 2.78. The fraction of sp³-hybridized carbons (Fsp3) is 0.294. The fourth-order valence-corrected chi connectivity index (χ4v) is 2.78. The molecule has 0 radical (unpaired) electrons. The highest BCUT2D eigenvalue weighted by atomic mass is 19.1. The summed E-state index contributed by atoms with van der Waals surface area (Å²) in [6, 6.07) is 9.20. The number of benzene rings is 1. The Balaban J connectivity index is 1.79. The van der Waals surface area contributed by atoms with Crippen LogP contribution in [0.4, 0.5) is 4.39 Å². The zero-order valence-electron chi connectivity index (χ0n) is 12.4. The largest absolute Gasteiger partial charge is 0.481 e. The molecule has 0 unspecified atom stereocenters. The first-order valence-electron chi connectivity index (χ1n) is 7.43. The zero-order chi connectivity index (χ0) is 16.4. The lowest BCUT2D eigenvalue weighted by Gasteiger charge is -2.29. The molecule has 1 aliphatic rings. The number of carbonyl (C=O) groups excluding carboxylic acids is 1. The van der Waals surface area contributed by atoms with Gasteiger partial charge in [0.2, 0.25) is 0 Å². The van der Waals surface area contributed by atoms with Crippen LogP contribution in [-0.2, 0) is 4.79 Å². The van der Waals surface area contributed by atoms with Gasteiger partial charge in [0.15, 0.2) is 5.76 Å². The monoisotopic (exact) mass is 317 g/mol. The van der Waals surface area contributed by atoms with Crippen LogP contribution < -0.4 is 0 Å². The SMILES string of the molecule is O=C(O)[C@H]1CCCN(C(=O)c2ccc(-c3ccccc3F)o2)C1. The summed E-state index contributed by atoms with van der Waals surface area (Å²) in [4.78, 5) is 25.0. The number of halogens is 1. The second kappa shape index (κ2) is 6.24. The van der Waals surface area contributed by atoms with Crippen molar-refractivity contribution in [3.8, 4) is 11.3 Å². The van der Waals surface area contributed by atoms with Crippen LogP contribution >= 0.6 is 0 Å². The molecular weight excluding hydrogens is 301 g/mol. The predicted molar refractivity (Wildman–Crippen MR) is 80.4 cm³/mol. The quantitative estimate of drug-likeness (QED) is 0.944. The molecule has 1 aromatic carbocycles. The molecule has 6 heteroatoms. The van der Waals surface area contributed by atoms with Crippen molar-refractivity contribution in [1.82, 2.24) is 4.90 Å². The summed E-state index contributed by atoms with van der Waals surface area (Å²) in [7, 11) is 0. The highest BCUT2D eigenvalue weighted by Crippen LogP contribution is 2.26. The average molecular weight is 317 g/mol. The number of nitrogens with zero attached hydrogens (tertiary/aromatic N) is 1. The van der Waals surface area contributed by atoms with Gasteiger partial charge in [-0.05, 0) is 37.1 Å². The Hall–Kier alpha value is -2.63. The van der Waals surface area contributed by atoms with Gasteiger partial charge in [-0.2, -0.15) is 0 Å². The lowest BCUT2D eigenvalue weighted by Crippen LogP contribution is -2.42. The van der Waals surface area contributed by atoms with Gasteiger partial charge in [-0.25, -0.2) is 4.39 Å². The molecule has 1 atom stereocenters. The highest BCUT2D eigenvalue weighted by Gasteiger charge is 2.30. The predicted octanol–water partition coefficient (Wildman–Crippen LogP) is 3.02. The number of amides is 1.